The van der Waals surface area contributed by atoms with Crippen molar-refractivity contribution in [3.63, 3.8) is 0 Å². The van der Waals surface area contributed by atoms with Gasteiger partial charge in [0.2, 0.25) is 5.91 Å². The third-order valence-corrected chi connectivity index (χ3v) is 2.71. The summed E-state index contributed by atoms with van der Waals surface area (Å²) in [4.78, 5) is 17.9. The maximum absolute atomic E-state index is 11.6. The van der Waals surface area contributed by atoms with Crippen LogP contribution in [0.4, 0.5) is 5.82 Å². The second-order valence-electron chi connectivity index (χ2n) is 4.02. The zero-order valence-electron chi connectivity index (χ0n) is 11.4. The van der Waals surface area contributed by atoms with Gasteiger partial charge in [0.05, 0.1) is 6.54 Å². The predicted octanol–water partition coefficient (Wildman–Crippen LogP) is 1.08. The fraction of sp³-hybridized carbons (Fsp3) is 0.538. The van der Waals surface area contributed by atoms with Crippen molar-refractivity contribution in [3.8, 4) is 0 Å². The Hall–Kier alpha value is -1.62. The van der Waals surface area contributed by atoms with E-state index >= 15 is 0 Å². The zero-order chi connectivity index (χ0) is 13.4. The van der Waals surface area contributed by atoms with Gasteiger partial charge in [0, 0.05) is 31.9 Å². The first-order valence-electron chi connectivity index (χ1n) is 6.31. The maximum atomic E-state index is 11.6. The van der Waals surface area contributed by atoms with E-state index in [-0.39, 0.29) is 5.91 Å². The average molecular weight is 250 g/mol. The van der Waals surface area contributed by atoms with E-state index in [1.165, 1.54) is 0 Å². The molecule has 1 rings (SSSR count). The second kappa shape index (κ2) is 7.66. The molecular weight excluding hydrogens is 228 g/mol. The van der Waals surface area contributed by atoms with Crippen molar-refractivity contribution in [1.29, 1.82) is 0 Å². The normalized spacial score (nSPS) is 10.4. The van der Waals surface area contributed by atoms with Gasteiger partial charge in [-0.25, -0.2) is 4.98 Å². The van der Waals surface area contributed by atoms with E-state index in [0.717, 1.165) is 24.5 Å². The quantitative estimate of drug-likeness (QED) is 0.760. The lowest BCUT2D eigenvalue weighted by molar-refractivity contribution is -0.122. The van der Waals surface area contributed by atoms with E-state index < -0.39 is 0 Å². The lowest BCUT2D eigenvalue weighted by Gasteiger charge is -2.20. The van der Waals surface area contributed by atoms with Crippen molar-refractivity contribution in [3.05, 3.63) is 23.9 Å². The molecular formula is C13H22N4O. The maximum Gasteiger partial charge on any atom is 0.234 e. The van der Waals surface area contributed by atoms with E-state index in [4.69, 9.17) is 0 Å². The number of anilines is 1. The van der Waals surface area contributed by atoms with Gasteiger partial charge in [-0.2, -0.15) is 0 Å². The second-order valence-corrected chi connectivity index (χ2v) is 4.02. The smallest absolute Gasteiger partial charge is 0.234 e. The fourth-order valence-corrected chi connectivity index (χ4v) is 1.77. The van der Waals surface area contributed by atoms with Crippen LogP contribution in [0.25, 0.3) is 0 Å². The van der Waals surface area contributed by atoms with Crippen LogP contribution in [0.3, 0.4) is 0 Å². The summed E-state index contributed by atoms with van der Waals surface area (Å²) in [6.45, 7) is 6.61. The molecule has 0 saturated carbocycles. The molecule has 2 N–H and O–H groups in total. The summed E-state index contributed by atoms with van der Waals surface area (Å²) in [5.74, 6) is 0.932. The van der Waals surface area contributed by atoms with Gasteiger partial charge >= 0.3 is 0 Å². The Balaban J connectivity index is 2.64. The average Bonchev–Trinajstić information content (AvgIpc) is 2.38. The lowest BCUT2D eigenvalue weighted by Crippen LogP contribution is -2.36. The van der Waals surface area contributed by atoms with Crippen LogP contribution >= 0.6 is 0 Å². The van der Waals surface area contributed by atoms with Crippen LogP contribution in [0, 0.1) is 0 Å². The van der Waals surface area contributed by atoms with Gasteiger partial charge in [0.15, 0.2) is 0 Å². The van der Waals surface area contributed by atoms with Crippen molar-refractivity contribution in [2.75, 3.05) is 32.0 Å². The van der Waals surface area contributed by atoms with Crippen molar-refractivity contribution in [1.82, 2.24) is 15.2 Å². The molecule has 0 aromatic carbocycles. The third kappa shape index (κ3) is 4.33. The van der Waals surface area contributed by atoms with Crippen LogP contribution in [0.2, 0.25) is 0 Å². The number of hydrogen-bond donors (Lipinski definition) is 2. The van der Waals surface area contributed by atoms with Gasteiger partial charge in [0.1, 0.15) is 5.82 Å². The molecule has 5 heteroatoms. The van der Waals surface area contributed by atoms with E-state index in [1.807, 2.05) is 26.1 Å². The predicted molar refractivity (Wildman–Crippen MR) is 73.4 cm³/mol. The molecule has 100 valence electrons. The highest BCUT2D eigenvalue weighted by molar-refractivity contribution is 5.77. The summed E-state index contributed by atoms with van der Waals surface area (Å²) >= 11 is 0. The van der Waals surface area contributed by atoms with Crippen molar-refractivity contribution in [2.45, 2.75) is 20.4 Å². The van der Waals surface area contributed by atoms with Gasteiger partial charge in [-0.15, -0.1) is 0 Å². The van der Waals surface area contributed by atoms with Crippen LogP contribution in [0.15, 0.2) is 18.3 Å². The Morgan fingerprint density at radius 3 is 2.83 bits per heavy atom. The summed E-state index contributed by atoms with van der Waals surface area (Å²) < 4.78 is 0. The Morgan fingerprint density at radius 2 is 2.22 bits per heavy atom. The molecule has 0 spiro atoms. The van der Waals surface area contributed by atoms with Crippen molar-refractivity contribution < 1.29 is 4.79 Å². The summed E-state index contributed by atoms with van der Waals surface area (Å²) in [5, 5.41) is 5.88. The number of nitrogens with zero attached hydrogens (tertiary/aromatic N) is 2. The van der Waals surface area contributed by atoms with E-state index in [0.29, 0.717) is 13.1 Å². The number of amides is 1. The van der Waals surface area contributed by atoms with E-state index in [9.17, 15) is 4.79 Å². The number of hydrogen-bond acceptors (Lipinski definition) is 4. The standard InChI is InChI=1S/C13H22N4O/c1-4-15-12(18)10-17(5-2)9-11-7-6-8-16-13(11)14-3/h6-8H,4-5,9-10H2,1-3H3,(H,14,16)(H,15,18). The molecule has 0 fully saturated rings. The number of carbonyl (C=O) groups is 1. The summed E-state index contributed by atoms with van der Waals surface area (Å²) in [5.41, 5.74) is 1.10. The highest BCUT2D eigenvalue weighted by atomic mass is 16.2. The van der Waals surface area contributed by atoms with Crippen LogP contribution in [0.1, 0.15) is 19.4 Å². The molecule has 1 heterocycles. The summed E-state index contributed by atoms with van der Waals surface area (Å²) in [6, 6.07) is 3.94. The lowest BCUT2D eigenvalue weighted by atomic mass is 10.2. The van der Waals surface area contributed by atoms with Gasteiger partial charge in [-0.05, 0) is 19.5 Å². The SMILES string of the molecule is CCNC(=O)CN(CC)Cc1cccnc1NC. The van der Waals surface area contributed by atoms with E-state index in [2.05, 4.69) is 27.4 Å². The van der Waals surface area contributed by atoms with Gasteiger partial charge in [-0.3, -0.25) is 9.69 Å². The highest BCUT2D eigenvalue weighted by Crippen LogP contribution is 2.13. The molecule has 5 nitrogen and oxygen atoms in total. The summed E-state index contributed by atoms with van der Waals surface area (Å²) in [7, 11) is 1.85. The monoisotopic (exact) mass is 250 g/mol. The third-order valence-electron chi connectivity index (χ3n) is 2.71. The minimum absolute atomic E-state index is 0.0641. The van der Waals surface area contributed by atoms with Crippen LogP contribution in [-0.2, 0) is 11.3 Å². The Kier molecular flexibility index (Phi) is 6.14. The molecule has 1 aromatic heterocycles. The number of carbonyl (C=O) groups excluding carboxylic acids is 1. The summed E-state index contributed by atoms with van der Waals surface area (Å²) in [6.07, 6.45) is 1.76. The molecule has 0 bridgehead atoms. The molecule has 18 heavy (non-hydrogen) atoms. The fourth-order valence-electron chi connectivity index (χ4n) is 1.77. The first kappa shape index (κ1) is 14.4. The number of nitrogens with one attached hydrogen (secondary N) is 2. The first-order valence-corrected chi connectivity index (χ1v) is 6.31. The number of aromatic nitrogens is 1. The van der Waals surface area contributed by atoms with Gasteiger partial charge in [0.25, 0.3) is 0 Å². The Labute approximate surface area is 109 Å². The van der Waals surface area contributed by atoms with Crippen LogP contribution in [0.5, 0.6) is 0 Å². The Morgan fingerprint density at radius 1 is 1.44 bits per heavy atom. The molecule has 1 amide bonds. The topological polar surface area (TPSA) is 57.3 Å². The minimum Gasteiger partial charge on any atom is -0.373 e. The van der Waals surface area contributed by atoms with Gasteiger partial charge in [-0.1, -0.05) is 13.0 Å². The zero-order valence-corrected chi connectivity index (χ0v) is 11.4. The van der Waals surface area contributed by atoms with Crippen molar-refractivity contribution in [2.24, 2.45) is 0 Å². The number of likely N-dealkylation sites (N-methyl/N-ethyl adjacent to an activating group) is 2. The van der Waals surface area contributed by atoms with Gasteiger partial charge < -0.3 is 10.6 Å². The largest absolute Gasteiger partial charge is 0.373 e. The molecule has 0 saturated heterocycles. The van der Waals surface area contributed by atoms with E-state index in [1.54, 1.807) is 6.20 Å². The molecule has 0 aliphatic heterocycles. The molecule has 0 unspecified atom stereocenters. The highest BCUT2D eigenvalue weighted by Gasteiger charge is 2.11. The van der Waals surface area contributed by atoms with Crippen molar-refractivity contribution >= 4 is 11.7 Å². The molecule has 0 radical (unpaired) electrons. The molecule has 1 aromatic rings. The number of rotatable bonds is 7. The van der Waals surface area contributed by atoms with Crippen LogP contribution < -0.4 is 10.6 Å². The van der Waals surface area contributed by atoms with Crippen LogP contribution in [-0.4, -0.2) is 42.5 Å². The molecule has 0 aliphatic carbocycles. The molecule has 0 atom stereocenters. The minimum atomic E-state index is 0.0641. The first-order chi connectivity index (χ1) is 8.71. The molecule has 0 aliphatic rings. The Bertz CT molecular complexity index is 381. The number of pyridine rings is 1.